The molecule has 0 bridgehead atoms. The van der Waals surface area contributed by atoms with Crippen LogP contribution < -0.4 is 5.32 Å². The first-order valence-electron chi connectivity index (χ1n) is 6.70. The maximum absolute atomic E-state index is 9.81. The second-order valence-corrected chi connectivity index (χ2v) is 6.06. The lowest BCUT2D eigenvalue weighted by Crippen LogP contribution is -2.24. The average molecular weight is 287 g/mol. The van der Waals surface area contributed by atoms with E-state index in [0.717, 1.165) is 17.7 Å². The van der Waals surface area contributed by atoms with Crippen molar-refractivity contribution in [1.82, 2.24) is 5.32 Å². The van der Waals surface area contributed by atoms with Crippen LogP contribution in [0.4, 0.5) is 0 Å². The highest BCUT2D eigenvalue weighted by Crippen LogP contribution is 2.36. The van der Waals surface area contributed by atoms with Gasteiger partial charge in [-0.25, -0.2) is 0 Å². The van der Waals surface area contributed by atoms with Gasteiger partial charge in [-0.05, 0) is 29.9 Å². The predicted molar refractivity (Wildman–Crippen MR) is 81.1 cm³/mol. The third-order valence-electron chi connectivity index (χ3n) is 3.57. The first kappa shape index (κ1) is 13.3. The molecule has 0 aliphatic carbocycles. The largest absolute Gasteiger partial charge is 0.508 e. The second kappa shape index (κ2) is 5.77. The van der Waals surface area contributed by atoms with E-state index < -0.39 is 0 Å². The molecule has 0 spiro atoms. The van der Waals surface area contributed by atoms with E-state index in [9.17, 15) is 10.2 Å². The Labute approximate surface area is 122 Å². The van der Waals surface area contributed by atoms with Crippen LogP contribution in [0.2, 0.25) is 0 Å². The summed E-state index contributed by atoms with van der Waals surface area (Å²) in [6.07, 6.45) is 1.08. The number of fused-ring (bicyclic) bond motifs is 1. The molecule has 1 aliphatic heterocycles. The maximum Gasteiger partial charge on any atom is 0.123 e. The summed E-state index contributed by atoms with van der Waals surface area (Å²) in [4.78, 5) is 1.34. The van der Waals surface area contributed by atoms with Crippen LogP contribution in [0.5, 0.6) is 11.5 Å². The van der Waals surface area contributed by atoms with Crippen LogP contribution >= 0.6 is 11.8 Å². The minimum absolute atomic E-state index is 0.0886. The van der Waals surface area contributed by atoms with E-state index >= 15 is 0 Å². The Morgan fingerprint density at radius 1 is 1.15 bits per heavy atom. The zero-order valence-corrected chi connectivity index (χ0v) is 11.9. The van der Waals surface area contributed by atoms with Gasteiger partial charge >= 0.3 is 0 Å². The van der Waals surface area contributed by atoms with E-state index in [1.54, 1.807) is 12.1 Å². The SMILES string of the molecule is Oc1ccc(CNC2CCSc3ccccc32)c(O)c1. The summed E-state index contributed by atoms with van der Waals surface area (Å²) in [5.74, 6) is 1.33. The molecule has 3 N–H and O–H groups in total. The van der Waals surface area contributed by atoms with Gasteiger partial charge in [0.05, 0.1) is 0 Å². The summed E-state index contributed by atoms with van der Waals surface area (Å²) >= 11 is 1.90. The van der Waals surface area contributed by atoms with Gasteiger partial charge in [-0.15, -0.1) is 11.8 Å². The molecule has 4 heteroatoms. The van der Waals surface area contributed by atoms with E-state index in [0.29, 0.717) is 12.6 Å². The fourth-order valence-electron chi connectivity index (χ4n) is 2.49. The first-order chi connectivity index (χ1) is 9.74. The molecule has 1 aliphatic rings. The third kappa shape index (κ3) is 2.76. The zero-order valence-electron chi connectivity index (χ0n) is 11.0. The van der Waals surface area contributed by atoms with Gasteiger partial charge in [0, 0.05) is 29.1 Å². The Morgan fingerprint density at radius 2 is 2.00 bits per heavy atom. The van der Waals surface area contributed by atoms with Crippen molar-refractivity contribution >= 4 is 11.8 Å². The Kier molecular flexibility index (Phi) is 3.85. The number of phenols is 2. The van der Waals surface area contributed by atoms with Crippen LogP contribution in [0.1, 0.15) is 23.6 Å². The maximum atomic E-state index is 9.81. The van der Waals surface area contributed by atoms with E-state index in [1.807, 2.05) is 11.8 Å². The molecule has 104 valence electrons. The quantitative estimate of drug-likeness (QED) is 0.809. The van der Waals surface area contributed by atoms with Crippen LogP contribution in [-0.4, -0.2) is 16.0 Å². The monoisotopic (exact) mass is 287 g/mol. The highest BCUT2D eigenvalue weighted by atomic mass is 32.2. The van der Waals surface area contributed by atoms with Crippen LogP contribution in [-0.2, 0) is 6.54 Å². The standard InChI is InChI=1S/C16H17NO2S/c18-12-6-5-11(15(19)9-12)10-17-14-7-8-20-16-4-2-1-3-13(14)16/h1-6,9,14,17-19H,7-8,10H2. The zero-order chi connectivity index (χ0) is 13.9. The third-order valence-corrected chi connectivity index (χ3v) is 4.69. The Bertz CT molecular complexity index is 615. The van der Waals surface area contributed by atoms with Gasteiger partial charge in [-0.3, -0.25) is 0 Å². The molecule has 0 amide bonds. The molecular weight excluding hydrogens is 270 g/mol. The van der Waals surface area contributed by atoms with Crippen molar-refractivity contribution in [3.05, 3.63) is 53.6 Å². The fourth-order valence-corrected chi connectivity index (χ4v) is 3.61. The van der Waals surface area contributed by atoms with E-state index in [2.05, 4.69) is 29.6 Å². The lowest BCUT2D eigenvalue weighted by Gasteiger charge is -2.26. The number of phenolic OH excluding ortho intramolecular Hbond substituents is 2. The van der Waals surface area contributed by atoms with Crippen LogP contribution in [0, 0.1) is 0 Å². The summed E-state index contributed by atoms with van der Waals surface area (Å²) in [7, 11) is 0. The van der Waals surface area contributed by atoms with Crippen molar-refractivity contribution in [3.8, 4) is 11.5 Å². The average Bonchev–Trinajstić information content (AvgIpc) is 2.46. The second-order valence-electron chi connectivity index (χ2n) is 4.92. The van der Waals surface area contributed by atoms with Gasteiger partial charge in [0.2, 0.25) is 0 Å². The van der Waals surface area contributed by atoms with Gasteiger partial charge in [-0.1, -0.05) is 24.3 Å². The summed E-state index contributed by atoms with van der Waals surface area (Å²) < 4.78 is 0. The van der Waals surface area contributed by atoms with Crippen molar-refractivity contribution in [1.29, 1.82) is 0 Å². The van der Waals surface area contributed by atoms with Gasteiger partial charge in [-0.2, -0.15) is 0 Å². The van der Waals surface area contributed by atoms with Crippen molar-refractivity contribution in [2.45, 2.75) is 23.9 Å². The van der Waals surface area contributed by atoms with Crippen molar-refractivity contribution in [3.63, 3.8) is 0 Å². The highest BCUT2D eigenvalue weighted by Gasteiger charge is 2.19. The minimum Gasteiger partial charge on any atom is -0.508 e. The summed E-state index contributed by atoms with van der Waals surface area (Å²) in [6, 6.07) is 13.5. The highest BCUT2D eigenvalue weighted by molar-refractivity contribution is 7.99. The molecule has 0 fully saturated rings. The predicted octanol–water partition coefficient (Wildman–Crippen LogP) is 3.42. The molecule has 20 heavy (non-hydrogen) atoms. The molecule has 0 aromatic heterocycles. The van der Waals surface area contributed by atoms with E-state index in [4.69, 9.17) is 0 Å². The topological polar surface area (TPSA) is 52.5 Å². The Balaban J connectivity index is 1.73. The number of hydrogen-bond acceptors (Lipinski definition) is 4. The number of benzene rings is 2. The summed E-state index contributed by atoms with van der Waals surface area (Å²) in [5, 5.41) is 22.6. The molecule has 2 aromatic rings. The normalized spacial score (nSPS) is 17.7. The fraction of sp³-hybridized carbons (Fsp3) is 0.250. The molecule has 0 saturated carbocycles. The molecule has 1 atom stereocenters. The first-order valence-corrected chi connectivity index (χ1v) is 7.68. The number of nitrogens with one attached hydrogen (secondary N) is 1. The number of aromatic hydroxyl groups is 2. The smallest absolute Gasteiger partial charge is 0.123 e. The van der Waals surface area contributed by atoms with E-state index in [-0.39, 0.29) is 11.5 Å². The number of hydrogen-bond donors (Lipinski definition) is 3. The molecular formula is C16H17NO2S. The molecule has 3 nitrogen and oxygen atoms in total. The minimum atomic E-state index is 0.0886. The number of rotatable bonds is 3. The molecule has 2 aromatic carbocycles. The van der Waals surface area contributed by atoms with Gasteiger partial charge in [0.25, 0.3) is 0 Å². The Morgan fingerprint density at radius 3 is 2.85 bits per heavy atom. The van der Waals surface area contributed by atoms with Crippen LogP contribution in [0.15, 0.2) is 47.4 Å². The number of thioether (sulfide) groups is 1. The molecule has 0 radical (unpaired) electrons. The lowest BCUT2D eigenvalue weighted by atomic mass is 10.0. The lowest BCUT2D eigenvalue weighted by molar-refractivity contribution is 0.438. The van der Waals surface area contributed by atoms with Crippen molar-refractivity contribution < 1.29 is 10.2 Å². The van der Waals surface area contributed by atoms with Crippen LogP contribution in [0.3, 0.4) is 0 Å². The van der Waals surface area contributed by atoms with Gasteiger partial charge < -0.3 is 15.5 Å². The van der Waals surface area contributed by atoms with Gasteiger partial charge in [0.1, 0.15) is 11.5 Å². The molecule has 1 heterocycles. The van der Waals surface area contributed by atoms with Crippen LogP contribution in [0.25, 0.3) is 0 Å². The summed E-state index contributed by atoms with van der Waals surface area (Å²) in [6.45, 7) is 0.593. The molecule has 1 unspecified atom stereocenters. The van der Waals surface area contributed by atoms with Crippen molar-refractivity contribution in [2.75, 3.05) is 5.75 Å². The molecule has 0 saturated heterocycles. The summed E-state index contributed by atoms with van der Waals surface area (Å²) in [5.41, 5.74) is 2.14. The van der Waals surface area contributed by atoms with E-state index in [1.165, 1.54) is 16.5 Å². The van der Waals surface area contributed by atoms with Gasteiger partial charge in [0.15, 0.2) is 0 Å². The Hall–Kier alpha value is -1.65. The van der Waals surface area contributed by atoms with Crippen molar-refractivity contribution in [2.24, 2.45) is 0 Å². The molecule has 3 rings (SSSR count).